The Kier molecular flexibility index (Phi) is 6.71. The average molecular weight is 525 g/mol. The van der Waals surface area contributed by atoms with Crippen molar-refractivity contribution < 1.29 is 0 Å². The van der Waals surface area contributed by atoms with E-state index in [1.165, 1.54) is 22.3 Å². The molecule has 0 saturated heterocycles. The molecule has 2 heterocycles. The summed E-state index contributed by atoms with van der Waals surface area (Å²) in [5.41, 5.74) is 9.17. The van der Waals surface area contributed by atoms with Crippen molar-refractivity contribution in [1.82, 2.24) is 9.97 Å². The van der Waals surface area contributed by atoms with Crippen molar-refractivity contribution in [3.05, 3.63) is 128 Å². The lowest BCUT2D eigenvalue weighted by Gasteiger charge is -1.96. The maximum atomic E-state index is 4.71. The molecular formula is C34H24N2S2. The van der Waals surface area contributed by atoms with E-state index in [0.29, 0.717) is 0 Å². The van der Waals surface area contributed by atoms with Crippen molar-refractivity contribution in [2.45, 2.75) is 13.8 Å². The van der Waals surface area contributed by atoms with E-state index in [4.69, 9.17) is 9.97 Å². The van der Waals surface area contributed by atoms with Gasteiger partial charge in [0, 0.05) is 0 Å². The molecule has 38 heavy (non-hydrogen) atoms. The Morgan fingerprint density at radius 3 is 1.29 bits per heavy atom. The first-order chi connectivity index (χ1) is 18.6. The zero-order valence-corrected chi connectivity index (χ0v) is 22.7. The highest BCUT2D eigenvalue weighted by molar-refractivity contribution is 7.19. The predicted molar refractivity (Wildman–Crippen MR) is 165 cm³/mol. The average Bonchev–Trinajstić information content (AvgIpc) is 3.54. The second kappa shape index (κ2) is 10.6. The smallest absolute Gasteiger partial charge is 0.168 e. The van der Waals surface area contributed by atoms with Crippen molar-refractivity contribution in [3.63, 3.8) is 0 Å². The largest absolute Gasteiger partial charge is 0.228 e. The molecule has 0 atom stereocenters. The quantitative estimate of drug-likeness (QED) is 0.170. The molecule has 6 rings (SSSR count). The number of fused-ring (bicyclic) bond motifs is 2. The lowest BCUT2D eigenvalue weighted by atomic mass is 10.1. The van der Waals surface area contributed by atoms with Gasteiger partial charge in [-0.2, -0.15) is 0 Å². The van der Waals surface area contributed by atoms with Crippen molar-refractivity contribution >= 4 is 67.4 Å². The third kappa shape index (κ3) is 5.65. The highest BCUT2D eigenvalue weighted by atomic mass is 32.1. The lowest BCUT2D eigenvalue weighted by Crippen LogP contribution is -1.76. The van der Waals surface area contributed by atoms with Gasteiger partial charge in [-0.25, -0.2) is 9.97 Å². The number of nitrogens with zero attached hydrogens (tertiary/aromatic N) is 2. The molecule has 0 amide bonds. The van der Waals surface area contributed by atoms with Crippen LogP contribution in [0.1, 0.15) is 43.4 Å². The van der Waals surface area contributed by atoms with Gasteiger partial charge >= 0.3 is 0 Å². The summed E-state index contributed by atoms with van der Waals surface area (Å²) in [6, 6.07) is 29.7. The second-order valence-corrected chi connectivity index (χ2v) is 11.3. The van der Waals surface area contributed by atoms with Gasteiger partial charge in [0.1, 0.15) is 0 Å². The number of benzene rings is 4. The van der Waals surface area contributed by atoms with Crippen molar-refractivity contribution in [3.8, 4) is 11.8 Å². The van der Waals surface area contributed by atoms with Gasteiger partial charge in [0.05, 0.1) is 20.4 Å². The zero-order chi connectivity index (χ0) is 25.9. The maximum absolute atomic E-state index is 4.71. The highest BCUT2D eigenvalue weighted by Crippen LogP contribution is 2.26. The van der Waals surface area contributed by atoms with Crippen molar-refractivity contribution in [2.75, 3.05) is 0 Å². The van der Waals surface area contributed by atoms with E-state index in [-0.39, 0.29) is 0 Å². The SMILES string of the molecule is Cc1ccc(/C=C/c2ccc3nc(C#Cc4nc5ccc(/C=C/c6ccc(C)cc6)cc5s4)sc3c2)cc1. The van der Waals surface area contributed by atoms with Gasteiger partial charge in [0.25, 0.3) is 0 Å². The van der Waals surface area contributed by atoms with E-state index in [0.717, 1.165) is 41.6 Å². The molecule has 4 heteroatoms. The first-order valence-corrected chi connectivity index (χ1v) is 14.0. The first kappa shape index (κ1) is 24.1. The van der Waals surface area contributed by atoms with Crippen LogP contribution < -0.4 is 0 Å². The Morgan fingerprint density at radius 1 is 0.500 bits per heavy atom. The molecule has 2 nitrogen and oxygen atoms in total. The van der Waals surface area contributed by atoms with Crippen LogP contribution in [-0.4, -0.2) is 9.97 Å². The van der Waals surface area contributed by atoms with Gasteiger partial charge < -0.3 is 0 Å². The number of hydrogen-bond acceptors (Lipinski definition) is 4. The van der Waals surface area contributed by atoms with Gasteiger partial charge in [0.2, 0.25) is 0 Å². The Labute approximate surface area is 230 Å². The highest BCUT2D eigenvalue weighted by Gasteiger charge is 2.05. The van der Waals surface area contributed by atoms with Crippen LogP contribution in [0.15, 0.2) is 84.9 Å². The van der Waals surface area contributed by atoms with E-state index in [2.05, 4.69) is 135 Å². The van der Waals surface area contributed by atoms with E-state index in [1.807, 2.05) is 0 Å². The van der Waals surface area contributed by atoms with E-state index in [1.54, 1.807) is 22.7 Å². The fourth-order valence-electron chi connectivity index (χ4n) is 4.04. The predicted octanol–water partition coefficient (Wildman–Crippen LogP) is 9.26. The fraction of sp³-hybridized carbons (Fsp3) is 0.0588. The Hall–Kier alpha value is -4.30. The summed E-state index contributed by atoms with van der Waals surface area (Å²) in [7, 11) is 0. The number of hydrogen-bond donors (Lipinski definition) is 0. The van der Waals surface area contributed by atoms with Crippen LogP contribution in [0.4, 0.5) is 0 Å². The zero-order valence-electron chi connectivity index (χ0n) is 21.1. The van der Waals surface area contributed by atoms with E-state index < -0.39 is 0 Å². The first-order valence-electron chi connectivity index (χ1n) is 12.4. The summed E-state index contributed by atoms with van der Waals surface area (Å²) in [6.07, 6.45) is 8.56. The van der Waals surface area contributed by atoms with E-state index >= 15 is 0 Å². The monoisotopic (exact) mass is 524 g/mol. The molecule has 0 N–H and O–H groups in total. The molecule has 0 spiro atoms. The second-order valence-electron chi connectivity index (χ2n) is 9.23. The Morgan fingerprint density at radius 2 is 0.868 bits per heavy atom. The molecule has 0 fully saturated rings. The molecular weight excluding hydrogens is 501 g/mol. The third-order valence-corrected chi connectivity index (χ3v) is 8.06. The van der Waals surface area contributed by atoms with E-state index in [9.17, 15) is 0 Å². The number of rotatable bonds is 4. The Bertz CT molecular complexity index is 1740. The molecule has 0 aliphatic heterocycles. The molecule has 0 unspecified atom stereocenters. The van der Waals surface area contributed by atoms with Crippen LogP contribution in [0, 0.1) is 25.7 Å². The number of thiazole rings is 2. The van der Waals surface area contributed by atoms with Crippen LogP contribution in [0.5, 0.6) is 0 Å². The maximum Gasteiger partial charge on any atom is 0.168 e. The third-order valence-electron chi connectivity index (χ3n) is 6.19. The molecule has 0 radical (unpaired) electrons. The van der Waals surface area contributed by atoms with Crippen LogP contribution >= 0.6 is 22.7 Å². The molecule has 0 saturated carbocycles. The normalized spacial score (nSPS) is 11.5. The number of aryl methyl sites for hydroxylation is 2. The molecule has 6 aromatic rings. The summed E-state index contributed by atoms with van der Waals surface area (Å²) < 4.78 is 2.27. The molecule has 0 aliphatic carbocycles. The number of aromatic nitrogens is 2. The fourth-order valence-corrected chi connectivity index (χ4v) is 5.78. The summed E-state index contributed by atoms with van der Waals surface area (Å²) in [4.78, 5) is 9.42. The van der Waals surface area contributed by atoms with Crippen LogP contribution in [-0.2, 0) is 0 Å². The standard InChI is InChI=1S/C34H24N2S2/c1-23-3-7-25(8-4-23)11-13-27-15-17-29-31(21-27)37-33(35-29)19-20-34-36-30-18-16-28(22-32(30)38-34)14-12-26-9-5-24(2)6-10-26/h3-18,21-22H,1-2H3/b13-11+,14-12+. The minimum atomic E-state index is 0.806. The van der Waals surface area contributed by atoms with Crippen LogP contribution in [0.3, 0.4) is 0 Å². The Balaban J connectivity index is 1.19. The minimum absolute atomic E-state index is 0.806. The van der Waals surface area contributed by atoms with Crippen molar-refractivity contribution in [1.29, 1.82) is 0 Å². The van der Waals surface area contributed by atoms with Gasteiger partial charge in [0.15, 0.2) is 10.0 Å². The topological polar surface area (TPSA) is 25.8 Å². The lowest BCUT2D eigenvalue weighted by molar-refractivity contribution is 1.43. The molecule has 182 valence electrons. The van der Waals surface area contributed by atoms with Crippen molar-refractivity contribution in [2.24, 2.45) is 0 Å². The summed E-state index contributed by atoms with van der Waals surface area (Å²) in [6.45, 7) is 4.20. The van der Waals surface area contributed by atoms with Gasteiger partial charge in [-0.3, -0.25) is 0 Å². The summed E-state index contributed by atoms with van der Waals surface area (Å²) in [5.74, 6) is 6.47. The van der Waals surface area contributed by atoms with Gasteiger partial charge in [-0.15, -0.1) is 22.7 Å². The molecule has 4 aromatic carbocycles. The molecule has 0 bridgehead atoms. The van der Waals surface area contributed by atoms with Crippen LogP contribution in [0.25, 0.3) is 44.7 Å². The van der Waals surface area contributed by atoms with Gasteiger partial charge in [-0.05, 0) is 72.2 Å². The molecule has 2 aromatic heterocycles. The minimum Gasteiger partial charge on any atom is -0.228 e. The summed E-state index contributed by atoms with van der Waals surface area (Å²) >= 11 is 3.24. The van der Waals surface area contributed by atoms with Gasteiger partial charge in [-0.1, -0.05) is 96.1 Å². The summed E-state index contributed by atoms with van der Waals surface area (Å²) in [5, 5.41) is 1.61. The molecule has 0 aliphatic rings. The van der Waals surface area contributed by atoms with Crippen LogP contribution in [0.2, 0.25) is 0 Å².